The Hall–Kier alpha value is -0.910. The summed E-state index contributed by atoms with van der Waals surface area (Å²) < 4.78 is 10.6. The van der Waals surface area contributed by atoms with E-state index in [9.17, 15) is 5.11 Å². The number of methoxy groups -OCH3 is 2. The number of hydrogen-bond donors (Lipinski definition) is 2. The highest BCUT2D eigenvalue weighted by molar-refractivity contribution is 7.99. The van der Waals surface area contributed by atoms with Crippen LogP contribution in [0.2, 0.25) is 0 Å². The van der Waals surface area contributed by atoms with Crippen LogP contribution in [-0.2, 0) is 0 Å². The van der Waals surface area contributed by atoms with Crippen LogP contribution in [-0.4, -0.2) is 43.5 Å². The average molecular weight is 299 g/mol. The number of benzene rings is 1. The lowest BCUT2D eigenvalue weighted by atomic mass is 10.1. The van der Waals surface area contributed by atoms with Crippen LogP contribution in [0.5, 0.6) is 11.5 Å². The molecule has 1 rings (SSSR count). The Morgan fingerprint density at radius 1 is 1.20 bits per heavy atom. The van der Waals surface area contributed by atoms with Crippen molar-refractivity contribution in [3.63, 3.8) is 0 Å². The van der Waals surface area contributed by atoms with E-state index in [1.54, 1.807) is 26.0 Å². The van der Waals surface area contributed by atoms with E-state index in [-0.39, 0.29) is 17.4 Å². The number of hydrogen-bond acceptors (Lipinski definition) is 5. The summed E-state index contributed by atoms with van der Waals surface area (Å²) in [5.74, 6) is 2.35. The zero-order valence-electron chi connectivity index (χ0n) is 12.8. The van der Waals surface area contributed by atoms with E-state index in [4.69, 9.17) is 9.47 Å². The first kappa shape index (κ1) is 17.1. The van der Waals surface area contributed by atoms with Gasteiger partial charge in [-0.25, -0.2) is 0 Å². The van der Waals surface area contributed by atoms with Crippen molar-refractivity contribution in [3.05, 3.63) is 23.8 Å². The Morgan fingerprint density at radius 2 is 1.85 bits per heavy atom. The van der Waals surface area contributed by atoms with Gasteiger partial charge in [0, 0.05) is 17.0 Å². The Kier molecular flexibility index (Phi) is 7.19. The van der Waals surface area contributed by atoms with Gasteiger partial charge in [0.1, 0.15) is 0 Å². The van der Waals surface area contributed by atoms with Crippen LogP contribution >= 0.6 is 11.8 Å². The summed E-state index contributed by atoms with van der Waals surface area (Å²) >= 11 is 1.75. The molecule has 114 valence electrons. The minimum atomic E-state index is -0.303. The molecule has 0 aromatic heterocycles. The van der Waals surface area contributed by atoms with Crippen LogP contribution in [0.15, 0.2) is 18.2 Å². The normalized spacial score (nSPS) is 15.5. The fraction of sp³-hybridized carbons (Fsp3) is 0.600. The molecule has 0 bridgehead atoms. The van der Waals surface area contributed by atoms with Gasteiger partial charge < -0.3 is 19.9 Å². The lowest BCUT2D eigenvalue weighted by molar-refractivity contribution is 0.196. The quantitative estimate of drug-likeness (QED) is 0.772. The van der Waals surface area contributed by atoms with Gasteiger partial charge in [0.2, 0.25) is 0 Å². The van der Waals surface area contributed by atoms with Crippen molar-refractivity contribution in [2.24, 2.45) is 0 Å². The molecule has 4 nitrogen and oxygen atoms in total. The third-order valence-corrected chi connectivity index (χ3v) is 4.81. The standard InChI is InChI=1S/C15H25NO3S/c1-10(17)11(2)20-9-13(16-3)12-6-7-14(18-4)15(8-12)19-5/h6-8,10-11,13,16-17H,9H2,1-5H3. The molecular weight excluding hydrogens is 274 g/mol. The summed E-state index contributed by atoms with van der Waals surface area (Å²) in [6, 6.07) is 6.16. The van der Waals surface area contributed by atoms with Crippen molar-refractivity contribution in [1.29, 1.82) is 0 Å². The smallest absolute Gasteiger partial charge is 0.161 e. The average Bonchev–Trinajstić information content (AvgIpc) is 2.47. The van der Waals surface area contributed by atoms with Crippen LogP contribution in [0, 0.1) is 0 Å². The maximum absolute atomic E-state index is 9.55. The van der Waals surface area contributed by atoms with Crippen molar-refractivity contribution in [1.82, 2.24) is 5.32 Å². The van der Waals surface area contributed by atoms with Gasteiger partial charge in [-0.2, -0.15) is 11.8 Å². The van der Waals surface area contributed by atoms with Crippen molar-refractivity contribution in [3.8, 4) is 11.5 Å². The van der Waals surface area contributed by atoms with Crippen LogP contribution in [0.4, 0.5) is 0 Å². The van der Waals surface area contributed by atoms with Crippen LogP contribution < -0.4 is 14.8 Å². The van der Waals surface area contributed by atoms with E-state index in [1.165, 1.54) is 0 Å². The molecule has 0 spiro atoms. The van der Waals surface area contributed by atoms with Gasteiger partial charge in [-0.3, -0.25) is 0 Å². The number of nitrogens with one attached hydrogen (secondary N) is 1. The highest BCUT2D eigenvalue weighted by Crippen LogP contribution is 2.31. The summed E-state index contributed by atoms with van der Waals surface area (Å²) in [6.45, 7) is 3.86. The molecule has 0 aliphatic carbocycles. The molecule has 1 aromatic rings. The highest BCUT2D eigenvalue weighted by atomic mass is 32.2. The third kappa shape index (κ3) is 4.58. The molecule has 0 amide bonds. The summed E-state index contributed by atoms with van der Waals surface area (Å²) in [4.78, 5) is 0. The van der Waals surface area contributed by atoms with Gasteiger partial charge in [-0.15, -0.1) is 0 Å². The zero-order chi connectivity index (χ0) is 15.1. The van der Waals surface area contributed by atoms with E-state index >= 15 is 0 Å². The lowest BCUT2D eigenvalue weighted by Crippen LogP contribution is -2.22. The molecule has 5 heteroatoms. The first-order valence-electron chi connectivity index (χ1n) is 6.72. The summed E-state index contributed by atoms with van der Waals surface area (Å²) in [6.07, 6.45) is -0.303. The second-order valence-electron chi connectivity index (χ2n) is 4.73. The molecule has 0 fully saturated rings. The molecule has 2 N–H and O–H groups in total. The topological polar surface area (TPSA) is 50.7 Å². The third-order valence-electron chi connectivity index (χ3n) is 3.36. The molecule has 0 saturated heterocycles. The largest absolute Gasteiger partial charge is 0.493 e. The van der Waals surface area contributed by atoms with E-state index in [1.807, 2.05) is 39.1 Å². The van der Waals surface area contributed by atoms with Crippen molar-refractivity contribution < 1.29 is 14.6 Å². The number of rotatable bonds is 8. The van der Waals surface area contributed by atoms with E-state index in [0.29, 0.717) is 0 Å². The Morgan fingerprint density at radius 3 is 2.35 bits per heavy atom. The molecule has 20 heavy (non-hydrogen) atoms. The van der Waals surface area contributed by atoms with Crippen molar-refractivity contribution >= 4 is 11.8 Å². The van der Waals surface area contributed by atoms with E-state index in [0.717, 1.165) is 22.8 Å². The highest BCUT2D eigenvalue weighted by Gasteiger charge is 2.16. The number of thioether (sulfide) groups is 1. The summed E-state index contributed by atoms with van der Waals surface area (Å²) in [7, 11) is 5.21. The molecule has 0 saturated carbocycles. The monoisotopic (exact) mass is 299 g/mol. The second kappa shape index (κ2) is 8.39. The van der Waals surface area contributed by atoms with Gasteiger partial charge in [-0.1, -0.05) is 13.0 Å². The van der Waals surface area contributed by atoms with E-state index in [2.05, 4.69) is 5.32 Å². The summed E-state index contributed by atoms with van der Waals surface area (Å²) in [5, 5.41) is 13.1. The minimum Gasteiger partial charge on any atom is -0.493 e. The lowest BCUT2D eigenvalue weighted by Gasteiger charge is -2.21. The Bertz CT molecular complexity index is 412. The van der Waals surface area contributed by atoms with Gasteiger partial charge in [0.25, 0.3) is 0 Å². The fourth-order valence-corrected chi connectivity index (χ4v) is 2.94. The fourth-order valence-electron chi connectivity index (χ4n) is 1.80. The predicted molar refractivity (Wildman–Crippen MR) is 84.9 cm³/mol. The first-order chi connectivity index (χ1) is 9.53. The predicted octanol–water partition coefficient (Wildman–Crippen LogP) is 2.47. The van der Waals surface area contributed by atoms with Crippen LogP contribution in [0.1, 0.15) is 25.5 Å². The molecule has 0 heterocycles. The van der Waals surface area contributed by atoms with E-state index < -0.39 is 0 Å². The van der Waals surface area contributed by atoms with Gasteiger partial charge >= 0.3 is 0 Å². The maximum Gasteiger partial charge on any atom is 0.161 e. The second-order valence-corrected chi connectivity index (χ2v) is 6.14. The maximum atomic E-state index is 9.55. The van der Waals surface area contributed by atoms with Gasteiger partial charge in [0.15, 0.2) is 11.5 Å². The molecule has 0 aliphatic rings. The summed E-state index contributed by atoms with van der Waals surface area (Å²) in [5.41, 5.74) is 1.15. The van der Waals surface area contributed by atoms with Crippen LogP contribution in [0.3, 0.4) is 0 Å². The van der Waals surface area contributed by atoms with Gasteiger partial charge in [-0.05, 0) is 31.7 Å². The van der Waals surface area contributed by atoms with Crippen molar-refractivity contribution in [2.45, 2.75) is 31.2 Å². The number of aliphatic hydroxyl groups is 1. The SMILES string of the molecule is CNC(CSC(C)C(C)O)c1ccc(OC)c(OC)c1. The Balaban J connectivity index is 2.79. The zero-order valence-corrected chi connectivity index (χ0v) is 13.7. The molecule has 0 radical (unpaired) electrons. The van der Waals surface area contributed by atoms with Crippen molar-refractivity contribution in [2.75, 3.05) is 27.0 Å². The molecule has 0 aliphatic heterocycles. The Labute approximate surface area is 125 Å². The molecular formula is C15H25NO3S. The molecule has 3 unspecified atom stereocenters. The molecule has 3 atom stereocenters. The first-order valence-corrected chi connectivity index (χ1v) is 7.77. The number of ether oxygens (including phenoxy) is 2. The minimum absolute atomic E-state index is 0.209. The molecule has 1 aromatic carbocycles. The van der Waals surface area contributed by atoms with Crippen LogP contribution in [0.25, 0.3) is 0 Å². The van der Waals surface area contributed by atoms with Gasteiger partial charge in [0.05, 0.1) is 20.3 Å². The number of aliphatic hydroxyl groups excluding tert-OH is 1.